The molecule has 0 bridgehead atoms. The average molecular weight is 359 g/mol. The number of likely N-dealkylation sites (N-methyl/N-ethyl adjacent to an activating group) is 1. The minimum absolute atomic E-state index is 0.0545. The van der Waals surface area contributed by atoms with Crippen molar-refractivity contribution in [1.82, 2.24) is 10.2 Å². The molecule has 2 amide bonds. The summed E-state index contributed by atoms with van der Waals surface area (Å²) in [6.07, 6.45) is 8.07. The highest BCUT2D eigenvalue weighted by Crippen LogP contribution is 2.19. The smallest absolute Gasteiger partial charge is 0.238 e. The molecule has 0 aliphatic heterocycles. The number of benzene rings is 1. The number of nitrogens with one attached hydrogen (secondary N) is 2. The second-order valence-corrected chi connectivity index (χ2v) is 6.66. The van der Waals surface area contributed by atoms with E-state index in [1.54, 1.807) is 43.3 Å². The summed E-state index contributed by atoms with van der Waals surface area (Å²) in [4.78, 5) is 25.7. The van der Waals surface area contributed by atoms with Crippen molar-refractivity contribution >= 4 is 17.5 Å². The number of carbonyl (C=O) groups is 2. The SMILES string of the molecule is COc1ccc(NC(=O)CN(C)CC(=O)NCCC2=CCCCC2)cc1. The number of rotatable bonds is 9. The van der Waals surface area contributed by atoms with E-state index in [9.17, 15) is 9.59 Å². The first-order valence-corrected chi connectivity index (χ1v) is 9.14. The molecule has 1 aromatic carbocycles. The van der Waals surface area contributed by atoms with Crippen molar-refractivity contribution < 1.29 is 14.3 Å². The van der Waals surface area contributed by atoms with Gasteiger partial charge in [0.1, 0.15) is 5.75 Å². The van der Waals surface area contributed by atoms with Crippen LogP contribution in [0.2, 0.25) is 0 Å². The highest BCUT2D eigenvalue weighted by Gasteiger charge is 2.11. The summed E-state index contributed by atoms with van der Waals surface area (Å²) in [5.74, 6) is 0.528. The minimum Gasteiger partial charge on any atom is -0.497 e. The summed E-state index contributed by atoms with van der Waals surface area (Å²) in [6, 6.07) is 7.13. The number of allylic oxidation sites excluding steroid dienone is 1. The number of methoxy groups -OCH3 is 1. The van der Waals surface area contributed by atoms with Crippen LogP contribution in [0.5, 0.6) is 5.75 Å². The molecule has 26 heavy (non-hydrogen) atoms. The fourth-order valence-electron chi connectivity index (χ4n) is 2.97. The summed E-state index contributed by atoms with van der Waals surface area (Å²) >= 11 is 0. The first-order chi connectivity index (χ1) is 12.6. The molecule has 2 N–H and O–H groups in total. The predicted molar refractivity (Wildman–Crippen MR) is 103 cm³/mol. The Morgan fingerprint density at radius 3 is 2.50 bits per heavy atom. The van der Waals surface area contributed by atoms with Crippen molar-refractivity contribution in [2.24, 2.45) is 0 Å². The summed E-state index contributed by atoms with van der Waals surface area (Å²) in [6.45, 7) is 1.02. The summed E-state index contributed by atoms with van der Waals surface area (Å²) in [5, 5.41) is 5.74. The molecule has 0 saturated carbocycles. The van der Waals surface area contributed by atoms with Gasteiger partial charge in [0.05, 0.1) is 20.2 Å². The van der Waals surface area contributed by atoms with Gasteiger partial charge >= 0.3 is 0 Å². The maximum absolute atomic E-state index is 12.1. The Bertz CT molecular complexity index is 626. The monoisotopic (exact) mass is 359 g/mol. The third kappa shape index (κ3) is 7.27. The zero-order valence-electron chi connectivity index (χ0n) is 15.7. The average Bonchev–Trinajstić information content (AvgIpc) is 2.63. The normalized spacial score (nSPS) is 13.9. The van der Waals surface area contributed by atoms with Crippen LogP contribution in [0, 0.1) is 0 Å². The lowest BCUT2D eigenvalue weighted by atomic mass is 9.97. The number of hydrogen-bond donors (Lipinski definition) is 2. The molecule has 1 aliphatic carbocycles. The second-order valence-electron chi connectivity index (χ2n) is 6.66. The van der Waals surface area contributed by atoms with E-state index in [0.717, 1.165) is 25.0 Å². The van der Waals surface area contributed by atoms with Crippen molar-refractivity contribution in [2.75, 3.05) is 39.1 Å². The van der Waals surface area contributed by atoms with Crippen LogP contribution in [-0.2, 0) is 9.59 Å². The van der Waals surface area contributed by atoms with Crippen LogP contribution in [0.4, 0.5) is 5.69 Å². The van der Waals surface area contributed by atoms with E-state index in [1.807, 2.05) is 0 Å². The third-order valence-corrected chi connectivity index (χ3v) is 4.35. The van der Waals surface area contributed by atoms with Gasteiger partial charge in [0, 0.05) is 12.2 Å². The number of amides is 2. The molecule has 0 aromatic heterocycles. The number of carbonyl (C=O) groups excluding carboxylic acids is 2. The predicted octanol–water partition coefficient (Wildman–Crippen LogP) is 2.57. The van der Waals surface area contributed by atoms with Gasteiger partial charge in [-0.05, 0) is 63.4 Å². The molecule has 1 aliphatic rings. The van der Waals surface area contributed by atoms with Crippen LogP contribution >= 0.6 is 0 Å². The third-order valence-electron chi connectivity index (χ3n) is 4.35. The van der Waals surface area contributed by atoms with Crippen molar-refractivity contribution in [2.45, 2.75) is 32.1 Å². The molecule has 0 radical (unpaired) electrons. The Labute approximate surface area is 155 Å². The lowest BCUT2D eigenvalue weighted by Gasteiger charge is -2.17. The van der Waals surface area contributed by atoms with Gasteiger partial charge in [0.15, 0.2) is 0 Å². The van der Waals surface area contributed by atoms with Gasteiger partial charge in [-0.25, -0.2) is 0 Å². The van der Waals surface area contributed by atoms with Gasteiger partial charge < -0.3 is 15.4 Å². The first kappa shape index (κ1) is 20.0. The molecule has 142 valence electrons. The molecule has 6 heteroatoms. The van der Waals surface area contributed by atoms with E-state index in [4.69, 9.17) is 4.74 Å². The number of ether oxygens (including phenoxy) is 1. The van der Waals surface area contributed by atoms with Gasteiger partial charge in [0.25, 0.3) is 0 Å². The van der Waals surface area contributed by atoms with E-state index in [2.05, 4.69) is 16.7 Å². The summed E-state index contributed by atoms with van der Waals surface area (Å²) in [7, 11) is 3.36. The molecule has 0 spiro atoms. The van der Waals surface area contributed by atoms with Gasteiger partial charge in [-0.3, -0.25) is 14.5 Å². The van der Waals surface area contributed by atoms with Crippen LogP contribution in [0.25, 0.3) is 0 Å². The van der Waals surface area contributed by atoms with Crippen molar-refractivity contribution in [3.63, 3.8) is 0 Å². The number of anilines is 1. The Hall–Kier alpha value is -2.34. The first-order valence-electron chi connectivity index (χ1n) is 9.14. The van der Waals surface area contributed by atoms with Crippen LogP contribution < -0.4 is 15.4 Å². The highest BCUT2D eigenvalue weighted by molar-refractivity contribution is 5.92. The molecule has 0 atom stereocenters. The van der Waals surface area contributed by atoms with Gasteiger partial charge in [-0.15, -0.1) is 0 Å². The van der Waals surface area contributed by atoms with E-state index >= 15 is 0 Å². The molecule has 1 aromatic rings. The van der Waals surface area contributed by atoms with Gasteiger partial charge in [-0.1, -0.05) is 11.6 Å². The molecule has 0 unspecified atom stereocenters. The van der Waals surface area contributed by atoms with E-state index in [-0.39, 0.29) is 24.9 Å². The lowest BCUT2D eigenvalue weighted by Crippen LogP contribution is -2.39. The fraction of sp³-hybridized carbons (Fsp3) is 0.500. The quantitative estimate of drug-likeness (QED) is 0.665. The number of nitrogens with zero attached hydrogens (tertiary/aromatic N) is 1. The second kappa shape index (κ2) is 10.6. The summed E-state index contributed by atoms with van der Waals surface area (Å²) in [5.41, 5.74) is 2.15. The number of hydrogen-bond acceptors (Lipinski definition) is 4. The minimum atomic E-state index is -0.155. The van der Waals surface area contributed by atoms with E-state index in [0.29, 0.717) is 12.2 Å². The molecule has 0 saturated heterocycles. The highest BCUT2D eigenvalue weighted by atomic mass is 16.5. The zero-order chi connectivity index (χ0) is 18.8. The van der Waals surface area contributed by atoms with Crippen molar-refractivity contribution in [3.8, 4) is 5.75 Å². The molecule has 0 fully saturated rings. The topological polar surface area (TPSA) is 70.7 Å². The molecular weight excluding hydrogens is 330 g/mol. The van der Waals surface area contributed by atoms with Crippen molar-refractivity contribution in [3.05, 3.63) is 35.9 Å². The fourth-order valence-corrected chi connectivity index (χ4v) is 2.97. The van der Waals surface area contributed by atoms with Crippen LogP contribution in [0.1, 0.15) is 32.1 Å². The molecule has 0 heterocycles. The van der Waals surface area contributed by atoms with E-state index < -0.39 is 0 Å². The van der Waals surface area contributed by atoms with E-state index in [1.165, 1.54) is 18.4 Å². The van der Waals surface area contributed by atoms with Crippen LogP contribution in [-0.4, -0.2) is 50.5 Å². The molecule has 6 nitrogen and oxygen atoms in total. The van der Waals surface area contributed by atoms with Gasteiger partial charge in [0.2, 0.25) is 11.8 Å². The maximum atomic E-state index is 12.1. The van der Waals surface area contributed by atoms with Crippen LogP contribution in [0.3, 0.4) is 0 Å². The molecule has 2 rings (SSSR count). The Morgan fingerprint density at radius 2 is 1.85 bits per heavy atom. The maximum Gasteiger partial charge on any atom is 0.238 e. The van der Waals surface area contributed by atoms with Crippen molar-refractivity contribution in [1.29, 1.82) is 0 Å². The standard InChI is InChI=1S/C20H29N3O3/c1-23(14-19(24)21-13-12-16-6-4-3-5-7-16)15-20(25)22-17-8-10-18(26-2)11-9-17/h6,8-11H,3-5,7,12-15H2,1-2H3,(H,21,24)(H,22,25). The van der Waals surface area contributed by atoms with Crippen LogP contribution in [0.15, 0.2) is 35.9 Å². The Kier molecular flexibility index (Phi) is 8.15. The largest absolute Gasteiger partial charge is 0.497 e. The van der Waals surface area contributed by atoms with Gasteiger partial charge in [-0.2, -0.15) is 0 Å². The summed E-state index contributed by atoms with van der Waals surface area (Å²) < 4.78 is 5.08. The lowest BCUT2D eigenvalue weighted by molar-refractivity contribution is -0.122. The Balaban J connectivity index is 1.64. The molecular formula is C20H29N3O3. The Morgan fingerprint density at radius 1 is 1.12 bits per heavy atom. The zero-order valence-corrected chi connectivity index (χ0v) is 15.7.